The molecular weight excluding hydrogens is 254 g/mol. The minimum Gasteiger partial charge on any atom is -0.481 e. The van der Waals surface area contributed by atoms with Crippen molar-refractivity contribution in [3.8, 4) is 0 Å². The predicted molar refractivity (Wildman–Crippen MR) is 78.9 cm³/mol. The lowest BCUT2D eigenvalue weighted by molar-refractivity contribution is -0.137. The summed E-state index contributed by atoms with van der Waals surface area (Å²) in [6, 6.07) is 6.74. The molecule has 1 aromatic heterocycles. The van der Waals surface area contributed by atoms with Gasteiger partial charge in [-0.15, -0.1) is 0 Å². The van der Waals surface area contributed by atoms with Crippen LogP contribution in [0.1, 0.15) is 32.6 Å². The third-order valence-corrected chi connectivity index (χ3v) is 3.78. The van der Waals surface area contributed by atoms with E-state index < -0.39 is 5.97 Å². The van der Waals surface area contributed by atoms with E-state index in [9.17, 15) is 4.79 Å². The van der Waals surface area contributed by atoms with Gasteiger partial charge < -0.3 is 15.3 Å². The molecule has 1 fully saturated rings. The molecule has 5 nitrogen and oxygen atoms in total. The number of rotatable bonds is 6. The van der Waals surface area contributed by atoms with Gasteiger partial charge in [0.15, 0.2) is 0 Å². The fourth-order valence-electron chi connectivity index (χ4n) is 2.64. The number of carboxylic acid groups (broad SMARTS) is 1. The molecule has 0 spiro atoms. The zero-order chi connectivity index (χ0) is 14.4. The lowest BCUT2D eigenvalue weighted by Crippen LogP contribution is -2.45. The Morgan fingerprint density at radius 1 is 1.50 bits per heavy atom. The van der Waals surface area contributed by atoms with Gasteiger partial charge in [-0.1, -0.05) is 6.07 Å². The highest BCUT2D eigenvalue weighted by molar-refractivity contribution is 5.66. The standard InChI is InChI=1S/C15H23N3O2/c1-12(5-6-15(19)20)17-13-7-10-18(11-8-13)14-4-2-3-9-16-14/h2-4,9,12-13,17H,5-8,10-11H2,1H3,(H,19,20). The average molecular weight is 277 g/mol. The summed E-state index contributed by atoms with van der Waals surface area (Å²) in [5.41, 5.74) is 0. The molecule has 1 saturated heterocycles. The highest BCUT2D eigenvalue weighted by Gasteiger charge is 2.21. The van der Waals surface area contributed by atoms with Crippen molar-refractivity contribution in [3.63, 3.8) is 0 Å². The topological polar surface area (TPSA) is 65.5 Å². The summed E-state index contributed by atoms with van der Waals surface area (Å²) in [5.74, 6) is 0.327. The molecule has 5 heteroatoms. The molecule has 0 bridgehead atoms. The number of piperidine rings is 1. The number of hydrogen-bond acceptors (Lipinski definition) is 4. The van der Waals surface area contributed by atoms with Crippen LogP contribution < -0.4 is 10.2 Å². The molecule has 1 unspecified atom stereocenters. The molecule has 20 heavy (non-hydrogen) atoms. The number of nitrogens with zero attached hydrogens (tertiary/aromatic N) is 2. The summed E-state index contributed by atoms with van der Waals surface area (Å²) >= 11 is 0. The van der Waals surface area contributed by atoms with Crippen LogP contribution in [0.5, 0.6) is 0 Å². The summed E-state index contributed by atoms with van der Waals surface area (Å²) in [5, 5.41) is 12.2. The quantitative estimate of drug-likeness (QED) is 0.831. The van der Waals surface area contributed by atoms with Crippen molar-refractivity contribution in [1.82, 2.24) is 10.3 Å². The number of carbonyl (C=O) groups is 1. The van der Waals surface area contributed by atoms with Crippen LogP contribution in [0.25, 0.3) is 0 Å². The van der Waals surface area contributed by atoms with Crippen LogP contribution >= 0.6 is 0 Å². The Morgan fingerprint density at radius 3 is 2.85 bits per heavy atom. The normalized spacial score (nSPS) is 17.9. The second kappa shape index (κ2) is 7.24. The van der Waals surface area contributed by atoms with Gasteiger partial charge in [-0.25, -0.2) is 4.98 Å². The van der Waals surface area contributed by atoms with Crippen molar-refractivity contribution < 1.29 is 9.90 Å². The van der Waals surface area contributed by atoms with Gasteiger partial charge in [-0.2, -0.15) is 0 Å². The Bertz CT molecular complexity index is 416. The van der Waals surface area contributed by atoms with E-state index in [2.05, 4.69) is 22.1 Å². The first-order chi connectivity index (χ1) is 9.65. The Hall–Kier alpha value is -1.62. The lowest BCUT2D eigenvalue weighted by atomic mass is 10.0. The molecule has 0 aliphatic carbocycles. The van der Waals surface area contributed by atoms with E-state index in [0.717, 1.165) is 31.7 Å². The van der Waals surface area contributed by atoms with E-state index in [1.54, 1.807) is 0 Å². The van der Waals surface area contributed by atoms with Crippen molar-refractivity contribution in [2.45, 2.75) is 44.7 Å². The number of carboxylic acids is 1. The molecule has 0 aromatic carbocycles. The van der Waals surface area contributed by atoms with Crippen LogP contribution in [-0.2, 0) is 4.79 Å². The molecular formula is C15H23N3O2. The minimum atomic E-state index is -0.719. The largest absolute Gasteiger partial charge is 0.481 e. The molecule has 1 aromatic rings. The number of pyridine rings is 1. The van der Waals surface area contributed by atoms with Crippen molar-refractivity contribution >= 4 is 11.8 Å². The van der Waals surface area contributed by atoms with Gasteiger partial charge in [-0.05, 0) is 38.3 Å². The highest BCUT2D eigenvalue weighted by atomic mass is 16.4. The van der Waals surface area contributed by atoms with E-state index >= 15 is 0 Å². The number of aliphatic carboxylic acids is 1. The van der Waals surface area contributed by atoms with E-state index in [-0.39, 0.29) is 12.5 Å². The van der Waals surface area contributed by atoms with Gasteiger partial charge in [-0.3, -0.25) is 4.79 Å². The van der Waals surface area contributed by atoms with Gasteiger partial charge in [0.1, 0.15) is 5.82 Å². The van der Waals surface area contributed by atoms with Gasteiger partial charge in [0.2, 0.25) is 0 Å². The number of nitrogens with one attached hydrogen (secondary N) is 1. The molecule has 110 valence electrons. The van der Waals surface area contributed by atoms with E-state index in [0.29, 0.717) is 12.5 Å². The zero-order valence-electron chi connectivity index (χ0n) is 12.0. The third-order valence-electron chi connectivity index (χ3n) is 3.78. The smallest absolute Gasteiger partial charge is 0.303 e. The Labute approximate surface area is 120 Å². The van der Waals surface area contributed by atoms with Gasteiger partial charge in [0.05, 0.1) is 0 Å². The highest BCUT2D eigenvalue weighted by Crippen LogP contribution is 2.17. The average Bonchev–Trinajstić information content (AvgIpc) is 2.47. The Morgan fingerprint density at radius 2 is 2.25 bits per heavy atom. The van der Waals surface area contributed by atoms with Crippen molar-refractivity contribution in [2.75, 3.05) is 18.0 Å². The SMILES string of the molecule is CC(CCC(=O)O)NC1CCN(c2ccccn2)CC1. The van der Waals surface area contributed by atoms with Crippen LogP contribution in [-0.4, -0.2) is 41.2 Å². The molecule has 2 heterocycles. The van der Waals surface area contributed by atoms with Crippen molar-refractivity contribution in [3.05, 3.63) is 24.4 Å². The molecule has 2 rings (SSSR count). The monoisotopic (exact) mass is 277 g/mol. The second-order valence-corrected chi connectivity index (χ2v) is 5.45. The molecule has 0 amide bonds. The number of hydrogen-bond donors (Lipinski definition) is 2. The molecule has 1 aliphatic rings. The summed E-state index contributed by atoms with van der Waals surface area (Å²) in [7, 11) is 0. The maximum absolute atomic E-state index is 10.6. The summed E-state index contributed by atoms with van der Waals surface area (Å²) in [4.78, 5) is 17.2. The summed E-state index contributed by atoms with van der Waals surface area (Å²) in [6.45, 7) is 4.06. The molecule has 0 saturated carbocycles. The fourth-order valence-corrected chi connectivity index (χ4v) is 2.64. The molecule has 1 aliphatic heterocycles. The van der Waals surface area contributed by atoms with Crippen molar-refractivity contribution in [2.24, 2.45) is 0 Å². The van der Waals surface area contributed by atoms with Gasteiger partial charge >= 0.3 is 5.97 Å². The van der Waals surface area contributed by atoms with Crippen LogP contribution in [0.3, 0.4) is 0 Å². The van der Waals surface area contributed by atoms with E-state index in [1.807, 2.05) is 24.4 Å². The maximum Gasteiger partial charge on any atom is 0.303 e. The zero-order valence-corrected chi connectivity index (χ0v) is 12.0. The predicted octanol–water partition coefficient (Wildman–Crippen LogP) is 1.89. The Kier molecular flexibility index (Phi) is 5.35. The maximum atomic E-state index is 10.6. The Balaban J connectivity index is 1.73. The summed E-state index contributed by atoms with van der Waals surface area (Å²) < 4.78 is 0. The third kappa shape index (κ3) is 4.49. The van der Waals surface area contributed by atoms with Gasteiger partial charge in [0, 0.05) is 37.8 Å². The first-order valence-electron chi connectivity index (χ1n) is 7.29. The van der Waals surface area contributed by atoms with Crippen LogP contribution in [0.15, 0.2) is 24.4 Å². The summed E-state index contributed by atoms with van der Waals surface area (Å²) in [6.07, 6.45) is 4.91. The minimum absolute atomic E-state index is 0.237. The lowest BCUT2D eigenvalue weighted by Gasteiger charge is -2.34. The van der Waals surface area contributed by atoms with Crippen LogP contribution in [0, 0.1) is 0 Å². The fraction of sp³-hybridized carbons (Fsp3) is 0.600. The first kappa shape index (κ1) is 14.8. The van der Waals surface area contributed by atoms with Crippen LogP contribution in [0.4, 0.5) is 5.82 Å². The number of aromatic nitrogens is 1. The van der Waals surface area contributed by atoms with E-state index in [1.165, 1.54) is 0 Å². The first-order valence-corrected chi connectivity index (χ1v) is 7.29. The van der Waals surface area contributed by atoms with E-state index in [4.69, 9.17) is 5.11 Å². The molecule has 0 radical (unpaired) electrons. The molecule has 1 atom stereocenters. The molecule has 2 N–H and O–H groups in total. The van der Waals surface area contributed by atoms with Crippen molar-refractivity contribution in [1.29, 1.82) is 0 Å². The van der Waals surface area contributed by atoms with Crippen LogP contribution in [0.2, 0.25) is 0 Å². The second-order valence-electron chi connectivity index (χ2n) is 5.45. The van der Waals surface area contributed by atoms with Gasteiger partial charge in [0.25, 0.3) is 0 Å². The number of anilines is 1.